The van der Waals surface area contributed by atoms with E-state index in [1.165, 1.54) is 23.5 Å². The first-order valence-electron chi connectivity index (χ1n) is 9.96. The molecule has 2 aromatic rings. The minimum atomic E-state index is -3.66. The lowest BCUT2D eigenvalue weighted by molar-refractivity contribution is 0.0923. The van der Waals surface area contributed by atoms with Crippen molar-refractivity contribution in [3.63, 3.8) is 0 Å². The van der Waals surface area contributed by atoms with Crippen LogP contribution in [0.5, 0.6) is 0 Å². The molecule has 8 nitrogen and oxygen atoms in total. The van der Waals surface area contributed by atoms with Crippen molar-refractivity contribution >= 4 is 26.0 Å². The molecule has 1 saturated heterocycles. The van der Waals surface area contributed by atoms with Gasteiger partial charge in [-0.3, -0.25) is 4.79 Å². The molecule has 10 heteroatoms. The molecule has 1 aliphatic rings. The van der Waals surface area contributed by atoms with Gasteiger partial charge in [0.05, 0.1) is 9.79 Å². The smallest absolute Gasteiger partial charge is 0.251 e. The number of aryl methyl sites for hydroxylation is 2. The molecule has 2 N–H and O–H groups in total. The summed E-state index contributed by atoms with van der Waals surface area (Å²) in [7, 11) is -5.91. The van der Waals surface area contributed by atoms with E-state index in [1.54, 1.807) is 37.3 Å². The maximum atomic E-state index is 12.8. The van der Waals surface area contributed by atoms with Gasteiger partial charge in [-0.05, 0) is 63.6 Å². The predicted molar refractivity (Wildman–Crippen MR) is 118 cm³/mol. The van der Waals surface area contributed by atoms with Crippen LogP contribution >= 0.6 is 0 Å². The summed E-state index contributed by atoms with van der Waals surface area (Å²) in [5.41, 5.74) is 1.93. The number of amides is 1. The number of rotatable bonds is 6. The maximum Gasteiger partial charge on any atom is 0.251 e. The summed E-state index contributed by atoms with van der Waals surface area (Å²) in [6.45, 7) is 4.24. The molecular formula is C21H27N3O5S2. The van der Waals surface area contributed by atoms with Crippen LogP contribution in [-0.4, -0.2) is 53.2 Å². The predicted octanol–water partition coefficient (Wildman–Crippen LogP) is 1.79. The van der Waals surface area contributed by atoms with Crippen LogP contribution in [0.4, 0.5) is 0 Å². The van der Waals surface area contributed by atoms with E-state index in [1.807, 2.05) is 6.92 Å². The van der Waals surface area contributed by atoms with E-state index in [0.29, 0.717) is 31.5 Å². The van der Waals surface area contributed by atoms with E-state index in [0.717, 1.165) is 5.56 Å². The lowest BCUT2D eigenvalue weighted by Crippen LogP contribution is -2.46. The molecule has 2 aromatic carbocycles. The summed E-state index contributed by atoms with van der Waals surface area (Å²) in [4.78, 5) is 13.1. The molecule has 0 aliphatic carbocycles. The number of carbonyl (C=O) groups excluding carboxylic acids is 1. The van der Waals surface area contributed by atoms with Crippen molar-refractivity contribution in [1.29, 1.82) is 0 Å². The largest absolute Gasteiger partial charge is 0.349 e. The Labute approximate surface area is 183 Å². The van der Waals surface area contributed by atoms with Crippen molar-refractivity contribution in [2.24, 2.45) is 0 Å². The second-order valence-corrected chi connectivity index (χ2v) is 11.5. The monoisotopic (exact) mass is 465 g/mol. The number of nitrogens with zero attached hydrogens (tertiary/aromatic N) is 1. The van der Waals surface area contributed by atoms with E-state index in [-0.39, 0.29) is 27.3 Å². The van der Waals surface area contributed by atoms with Gasteiger partial charge >= 0.3 is 0 Å². The van der Waals surface area contributed by atoms with Gasteiger partial charge in [-0.15, -0.1) is 0 Å². The molecule has 0 spiro atoms. The molecule has 0 atom stereocenters. The minimum Gasteiger partial charge on any atom is -0.349 e. The van der Waals surface area contributed by atoms with Crippen LogP contribution in [0, 0.1) is 13.8 Å². The normalized spacial score (nSPS) is 16.2. The number of piperidine rings is 1. The maximum absolute atomic E-state index is 12.8. The van der Waals surface area contributed by atoms with Gasteiger partial charge in [-0.1, -0.05) is 23.8 Å². The van der Waals surface area contributed by atoms with Gasteiger partial charge in [0, 0.05) is 24.7 Å². The Morgan fingerprint density at radius 2 is 1.52 bits per heavy atom. The number of hydrogen-bond acceptors (Lipinski definition) is 5. The molecule has 0 radical (unpaired) electrons. The number of carbonyl (C=O) groups is 1. The zero-order valence-electron chi connectivity index (χ0n) is 17.8. The van der Waals surface area contributed by atoms with Crippen LogP contribution in [0.25, 0.3) is 0 Å². The van der Waals surface area contributed by atoms with E-state index in [2.05, 4.69) is 10.0 Å². The molecule has 0 aromatic heterocycles. The van der Waals surface area contributed by atoms with Crippen LogP contribution in [0.1, 0.15) is 34.3 Å². The van der Waals surface area contributed by atoms with Gasteiger partial charge in [0.25, 0.3) is 5.91 Å². The Morgan fingerprint density at radius 3 is 2.10 bits per heavy atom. The molecule has 1 amide bonds. The fourth-order valence-corrected chi connectivity index (χ4v) is 5.72. The van der Waals surface area contributed by atoms with E-state index in [4.69, 9.17) is 0 Å². The van der Waals surface area contributed by atoms with Gasteiger partial charge in [0.2, 0.25) is 20.0 Å². The summed E-state index contributed by atoms with van der Waals surface area (Å²) < 4.78 is 53.4. The standard InChI is InChI=1S/C21H27N3O5S2/c1-15-4-7-18(8-5-15)31(28,29)24-12-10-17(11-13-24)23-21(25)20-14-19(9-6-16(20)2)30(26,27)22-3/h4-9,14,17,22H,10-13H2,1-3H3,(H,23,25). The van der Waals surface area contributed by atoms with E-state index < -0.39 is 20.0 Å². The van der Waals surface area contributed by atoms with E-state index in [9.17, 15) is 21.6 Å². The van der Waals surface area contributed by atoms with Crippen LogP contribution in [0.15, 0.2) is 52.3 Å². The zero-order valence-corrected chi connectivity index (χ0v) is 19.4. The molecule has 31 heavy (non-hydrogen) atoms. The Balaban J connectivity index is 1.67. The van der Waals surface area contributed by atoms with Crippen molar-refractivity contribution in [3.8, 4) is 0 Å². The van der Waals surface area contributed by atoms with Crippen LogP contribution in [0.3, 0.4) is 0 Å². The molecule has 0 saturated carbocycles. The van der Waals surface area contributed by atoms with E-state index >= 15 is 0 Å². The summed E-state index contributed by atoms with van der Waals surface area (Å²) in [5, 5.41) is 2.92. The van der Waals surface area contributed by atoms with Gasteiger partial charge in [-0.25, -0.2) is 21.6 Å². The van der Waals surface area contributed by atoms with Crippen molar-refractivity contribution in [2.75, 3.05) is 20.1 Å². The quantitative estimate of drug-likeness (QED) is 0.675. The van der Waals surface area contributed by atoms with Crippen LogP contribution in [0.2, 0.25) is 0 Å². The molecule has 1 fully saturated rings. The third-order valence-electron chi connectivity index (χ3n) is 5.48. The number of benzene rings is 2. The van der Waals surface area contributed by atoms with Crippen molar-refractivity contribution in [1.82, 2.24) is 14.3 Å². The third-order valence-corrected chi connectivity index (χ3v) is 8.81. The highest BCUT2D eigenvalue weighted by Crippen LogP contribution is 2.22. The third kappa shape index (κ3) is 5.15. The van der Waals surface area contributed by atoms with Crippen LogP contribution < -0.4 is 10.0 Å². The average molecular weight is 466 g/mol. The highest BCUT2D eigenvalue weighted by molar-refractivity contribution is 7.89. The van der Waals surface area contributed by atoms with Crippen molar-refractivity contribution < 1.29 is 21.6 Å². The molecule has 1 heterocycles. The second-order valence-electron chi connectivity index (χ2n) is 7.65. The van der Waals surface area contributed by atoms with Gasteiger partial charge in [0.1, 0.15) is 0 Å². The first kappa shape index (κ1) is 23.4. The molecule has 1 aliphatic heterocycles. The molecular weight excluding hydrogens is 438 g/mol. The first-order chi connectivity index (χ1) is 14.5. The topological polar surface area (TPSA) is 113 Å². The van der Waals surface area contributed by atoms with Crippen molar-refractivity contribution in [2.45, 2.75) is 42.5 Å². The Kier molecular flexibility index (Phi) is 6.85. The second kappa shape index (κ2) is 9.07. The average Bonchev–Trinajstić information content (AvgIpc) is 2.74. The van der Waals surface area contributed by atoms with Gasteiger partial charge in [-0.2, -0.15) is 4.31 Å². The lowest BCUT2D eigenvalue weighted by Gasteiger charge is -2.31. The summed E-state index contributed by atoms with van der Waals surface area (Å²) >= 11 is 0. The Morgan fingerprint density at radius 1 is 0.935 bits per heavy atom. The van der Waals surface area contributed by atoms with Gasteiger partial charge in [0.15, 0.2) is 0 Å². The molecule has 0 unspecified atom stereocenters. The highest BCUT2D eigenvalue weighted by Gasteiger charge is 2.30. The fourth-order valence-electron chi connectivity index (χ4n) is 3.49. The molecule has 168 valence electrons. The minimum absolute atomic E-state index is 0.0183. The Hall–Kier alpha value is -2.27. The number of nitrogens with one attached hydrogen (secondary N) is 2. The van der Waals surface area contributed by atoms with Crippen molar-refractivity contribution in [3.05, 3.63) is 59.2 Å². The number of sulfonamides is 2. The summed E-state index contributed by atoms with van der Waals surface area (Å²) in [6, 6.07) is 11.0. The lowest BCUT2D eigenvalue weighted by atomic mass is 10.0. The van der Waals surface area contributed by atoms with Crippen LogP contribution in [-0.2, 0) is 20.0 Å². The highest BCUT2D eigenvalue weighted by atomic mass is 32.2. The summed E-state index contributed by atoms with van der Waals surface area (Å²) in [5.74, 6) is -0.370. The zero-order chi connectivity index (χ0) is 22.8. The molecule has 3 rings (SSSR count). The van der Waals surface area contributed by atoms with Gasteiger partial charge < -0.3 is 5.32 Å². The fraction of sp³-hybridized carbons (Fsp3) is 0.381. The molecule has 0 bridgehead atoms. The first-order valence-corrected chi connectivity index (χ1v) is 12.9. The summed E-state index contributed by atoms with van der Waals surface area (Å²) in [6.07, 6.45) is 0.953. The Bertz CT molecular complexity index is 1170. The SMILES string of the molecule is CNS(=O)(=O)c1ccc(C)c(C(=O)NC2CCN(S(=O)(=O)c3ccc(C)cc3)CC2)c1. The number of hydrogen-bond donors (Lipinski definition) is 2.